The van der Waals surface area contributed by atoms with E-state index in [1.54, 1.807) is 0 Å². The SMILES string of the molecule is CC(C)(C)c1ccc(-c2cc3ccccc3c3c2ccc2ccccc23)cc1. The Morgan fingerprint density at radius 2 is 1.14 bits per heavy atom. The lowest BCUT2D eigenvalue weighted by Gasteiger charge is -2.19. The molecule has 0 unspecified atom stereocenters. The maximum Gasteiger partial charge on any atom is -0.00206 e. The van der Waals surface area contributed by atoms with Crippen LogP contribution in [-0.2, 0) is 5.41 Å². The molecule has 5 aromatic carbocycles. The largest absolute Gasteiger partial charge is 0.0616 e. The highest BCUT2D eigenvalue weighted by atomic mass is 14.2. The van der Waals surface area contributed by atoms with E-state index in [4.69, 9.17) is 0 Å². The molecule has 136 valence electrons. The molecular weight excluding hydrogens is 336 g/mol. The third kappa shape index (κ3) is 2.68. The van der Waals surface area contributed by atoms with Gasteiger partial charge >= 0.3 is 0 Å². The molecule has 5 rings (SSSR count). The summed E-state index contributed by atoms with van der Waals surface area (Å²) >= 11 is 0. The van der Waals surface area contributed by atoms with Crippen LogP contribution in [0.25, 0.3) is 43.4 Å². The summed E-state index contributed by atoms with van der Waals surface area (Å²) in [6.07, 6.45) is 0. The Bertz CT molecular complexity index is 1300. The van der Waals surface area contributed by atoms with E-state index in [-0.39, 0.29) is 5.41 Å². The number of hydrogen-bond donors (Lipinski definition) is 0. The number of hydrogen-bond acceptors (Lipinski definition) is 0. The quantitative estimate of drug-likeness (QED) is 0.265. The van der Waals surface area contributed by atoms with Crippen molar-refractivity contribution in [2.24, 2.45) is 0 Å². The Kier molecular flexibility index (Phi) is 3.77. The minimum atomic E-state index is 0.167. The third-order valence-corrected chi connectivity index (χ3v) is 5.81. The first kappa shape index (κ1) is 17.0. The Labute approximate surface area is 166 Å². The van der Waals surface area contributed by atoms with E-state index >= 15 is 0 Å². The molecule has 0 heterocycles. The van der Waals surface area contributed by atoms with Crippen LogP contribution in [0, 0.1) is 0 Å². The van der Waals surface area contributed by atoms with Crippen LogP contribution in [0.3, 0.4) is 0 Å². The molecule has 0 nitrogen and oxygen atoms in total. The van der Waals surface area contributed by atoms with Crippen LogP contribution in [0.5, 0.6) is 0 Å². The molecule has 0 saturated carbocycles. The zero-order valence-electron chi connectivity index (χ0n) is 16.7. The van der Waals surface area contributed by atoms with Gasteiger partial charge in [-0.2, -0.15) is 0 Å². The summed E-state index contributed by atoms with van der Waals surface area (Å²) in [5.41, 5.74) is 4.12. The van der Waals surface area contributed by atoms with Gasteiger partial charge < -0.3 is 0 Å². The molecule has 0 aliphatic rings. The van der Waals surface area contributed by atoms with Gasteiger partial charge in [0.2, 0.25) is 0 Å². The average molecular weight is 361 g/mol. The highest BCUT2D eigenvalue weighted by Gasteiger charge is 2.15. The second-order valence-electron chi connectivity index (χ2n) is 8.68. The predicted molar refractivity (Wildman–Crippen MR) is 123 cm³/mol. The zero-order chi connectivity index (χ0) is 19.3. The molecule has 0 N–H and O–H groups in total. The van der Waals surface area contributed by atoms with Gasteiger partial charge in [-0.3, -0.25) is 0 Å². The van der Waals surface area contributed by atoms with E-state index < -0.39 is 0 Å². The molecule has 28 heavy (non-hydrogen) atoms. The van der Waals surface area contributed by atoms with Crippen molar-refractivity contribution >= 4 is 32.3 Å². The van der Waals surface area contributed by atoms with E-state index in [1.807, 2.05) is 0 Å². The van der Waals surface area contributed by atoms with Crippen molar-refractivity contribution in [3.8, 4) is 11.1 Å². The van der Waals surface area contributed by atoms with Crippen molar-refractivity contribution in [1.29, 1.82) is 0 Å². The summed E-state index contributed by atoms with van der Waals surface area (Å²) in [4.78, 5) is 0. The van der Waals surface area contributed by atoms with Crippen LogP contribution in [-0.4, -0.2) is 0 Å². The molecule has 0 bridgehead atoms. The lowest BCUT2D eigenvalue weighted by Crippen LogP contribution is -2.10. The van der Waals surface area contributed by atoms with Gasteiger partial charge in [0.05, 0.1) is 0 Å². The fraction of sp³-hybridized carbons (Fsp3) is 0.143. The molecule has 0 aromatic heterocycles. The Balaban J connectivity index is 1.87. The van der Waals surface area contributed by atoms with Gasteiger partial charge in [0.15, 0.2) is 0 Å². The summed E-state index contributed by atoms with van der Waals surface area (Å²) in [6, 6.07) is 33.4. The molecule has 0 aliphatic heterocycles. The summed E-state index contributed by atoms with van der Waals surface area (Å²) in [5, 5.41) is 7.90. The minimum Gasteiger partial charge on any atom is -0.0616 e. The lowest BCUT2D eigenvalue weighted by molar-refractivity contribution is 0.590. The van der Waals surface area contributed by atoms with Gasteiger partial charge in [-0.1, -0.05) is 106 Å². The van der Waals surface area contributed by atoms with Gasteiger partial charge in [-0.15, -0.1) is 0 Å². The van der Waals surface area contributed by atoms with E-state index in [2.05, 4.69) is 112 Å². The molecule has 0 saturated heterocycles. The molecule has 0 atom stereocenters. The fourth-order valence-corrected chi connectivity index (χ4v) is 4.26. The van der Waals surface area contributed by atoms with Crippen molar-refractivity contribution in [2.75, 3.05) is 0 Å². The van der Waals surface area contributed by atoms with Gasteiger partial charge in [0, 0.05) is 0 Å². The second kappa shape index (κ2) is 6.21. The second-order valence-corrected chi connectivity index (χ2v) is 8.68. The highest BCUT2D eigenvalue weighted by molar-refractivity contribution is 6.23. The van der Waals surface area contributed by atoms with Crippen molar-refractivity contribution < 1.29 is 0 Å². The molecule has 5 aromatic rings. The van der Waals surface area contributed by atoms with Crippen molar-refractivity contribution in [2.45, 2.75) is 26.2 Å². The summed E-state index contributed by atoms with van der Waals surface area (Å²) < 4.78 is 0. The maximum atomic E-state index is 2.35. The smallest absolute Gasteiger partial charge is 0.00206 e. The predicted octanol–water partition coefficient (Wildman–Crippen LogP) is 8.11. The first-order valence-electron chi connectivity index (χ1n) is 9.96. The maximum absolute atomic E-state index is 2.35. The highest BCUT2D eigenvalue weighted by Crippen LogP contribution is 2.39. The monoisotopic (exact) mass is 360 g/mol. The Hall–Kier alpha value is -3.12. The zero-order valence-corrected chi connectivity index (χ0v) is 16.7. The van der Waals surface area contributed by atoms with E-state index in [0.717, 1.165) is 0 Å². The molecule has 0 spiro atoms. The fourth-order valence-electron chi connectivity index (χ4n) is 4.26. The first-order chi connectivity index (χ1) is 13.5. The molecule has 0 amide bonds. The van der Waals surface area contributed by atoms with E-state index in [1.165, 1.54) is 49.0 Å². The normalized spacial score (nSPS) is 12.1. The summed E-state index contributed by atoms with van der Waals surface area (Å²) in [6.45, 7) is 6.79. The summed E-state index contributed by atoms with van der Waals surface area (Å²) in [7, 11) is 0. The van der Waals surface area contributed by atoms with Crippen LogP contribution >= 0.6 is 0 Å². The Morgan fingerprint density at radius 3 is 1.82 bits per heavy atom. The lowest BCUT2D eigenvalue weighted by atomic mass is 9.85. The Morgan fingerprint density at radius 1 is 0.536 bits per heavy atom. The number of rotatable bonds is 1. The van der Waals surface area contributed by atoms with Crippen molar-refractivity contribution in [3.05, 3.63) is 96.6 Å². The standard InChI is InChI=1S/C28H24/c1-28(2,3)22-15-12-20(13-16-22)26-18-21-9-5-7-11-24(21)27-23-10-6-4-8-19(23)14-17-25(26)27/h4-18H,1-3H3. The topological polar surface area (TPSA) is 0 Å². The number of benzene rings is 5. The molecule has 0 aliphatic carbocycles. The van der Waals surface area contributed by atoms with Crippen LogP contribution in [0.1, 0.15) is 26.3 Å². The third-order valence-electron chi connectivity index (χ3n) is 5.81. The minimum absolute atomic E-state index is 0.167. The molecule has 0 fully saturated rings. The van der Waals surface area contributed by atoms with Crippen molar-refractivity contribution in [1.82, 2.24) is 0 Å². The van der Waals surface area contributed by atoms with E-state index in [9.17, 15) is 0 Å². The molecule has 0 heteroatoms. The van der Waals surface area contributed by atoms with Crippen LogP contribution in [0.15, 0.2) is 91.0 Å². The van der Waals surface area contributed by atoms with Crippen LogP contribution in [0.2, 0.25) is 0 Å². The van der Waals surface area contributed by atoms with Gasteiger partial charge in [-0.05, 0) is 60.5 Å². The van der Waals surface area contributed by atoms with Crippen LogP contribution in [0.4, 0.5) is 0 Å². The van der Waals surface area contributed by atoms with Gasteiger partial charge in [-0.25, -0.2) is 0 Å². The number of fused-ring (bicyclic) bond motifs is 5. The molecular formula is C28H24. The van der Waals surface area contributed by atoms with Crippen LogP contribution < -0.4 is 0 Å². The van der Waals surface area contributed by atoms with Crippen molar-refractivity contribution in [3.63, 3.8) is 0 Å². The first-order valence-corrected chi connectivity index (χ1v) is 9.96. The molecule has 0 radical (unpaired) electrons. The summed E-state index contributed by atoms with van der Waals surface area (Å²) in [5.74, 6) is 0. The average Bonchev–Trinajstić information content (AvgIpc) is 2.72. The van der Waals surface area contributed by atoms with Gasteiger partial charge in [0.1, 0.15) is 0 Å². The van der Waals surface area contributed by atoms with Gasteiger partial charge in [0.25, 0.3) is 0 Å². The van der Waals surface area contributed by atoms with E-state index in [0.29, 0.717) is 0 Å².